The van der Waals surface area contributed by atoms with Crippen LogP contribution in [-0.2, 0) is 14.3 Å². The van der Waals surface area contributed by atoms with Crippen molar-refractivity contribution in [3.8, 4) is 0 Å². The smallest absolute Gasteiger partial charge is 0.330 e. The fourth-order valence-electron chi connectivity index (χ4n) is 3.69. The maximum Gasteiger partial charge on any atom is 0.330 e. The van der Waals surface area contributed by atoms with E-state index in [2.05, 4.69) is 5.32 Å². The van der Waals surface area contributed by atoms with E-state index in [1.807, 2.05) is 39.0 Å². The van der Waals surface area contributed by atoms with E-state index in [1.165, 1.54) is 0 Å². The minimum absolute atomic E-state index is 0.265. The van der Waals surface area contributed by atoms with Crippen LogP contribution in [0.2, 0.25) is 0 Å². The number of benzene rings is 2. The van der Waals surface area contributed by atoms with Crippen LogP contribution in [0, 0.1) is 19.8 Å². The summed E-state index contributed by atoms with van der Waals surface area (Å²) in [5.74, 6) is -2.65. The molecule has 1 aliphatic heterocycles. The van der Waals surface area contributed by atoms with Gasteiger partial charge in [-0.1, -0.05) is 50.6 Å². The number of nitrogens with one attached hydrogen (secondary N) is 1. The second kappa shape index (κ2) is 9.12. The molecule has 3 rings (SSSR count). The van der Waals surface area contributed by atoms with E-state index < -0.39 is 36.3 Å². The maximum absolute atomic E-state index is 12.9. The molecule has 1 aliphatic rings. The minimum Gasteiger partial charge on any atom is -0.454 e. The summed E-state index contributed by atoms with van der Waals surface area (Å²) < 4.78 is 5.25. The lowest BCUT2D eigenvalue weighted by Crippen LogP contribution is -2.49. The van der Waals surface area contributed by atoms with Gasteiger partial charge in [0.15, 0.2) is 6.61 Å². The summed E-state index contributed by atoms with van der Waals surface area (Å²) in [6, 6.07) is 11.0. The van der Waals surface area contributed by atoms with Crippen molar-refractivity contribution in [2.75, 3.05) is 11.9 Å². The first-order chi connectivity index (χ1) is 14.8. The monoisotopic (exact) mass is 422 g/mol. The van der Waals surface area contributed by atoms with E-state index in [9.17, 15) is 19.2 Å². The largest absolute Gasteiger partial charge is 0.454 e. The molecule has 0 bridgehead atoms. The van der Waals surface area contributed by atoms with Crippen LogP contribution in [-0.4, -0.2) is 41.2 Å². The molecule has 0 unspecified atom stereocenters. The number of nitrogens with zero attached hydrogens (tertiary/aromatic N) is 1. The number of rotatable bonds is 7. The van der Waals surface area contributed by atoms with E-state index in [1.54, 1.807) is 31.2 Å². The van der Waals surface area contributed by atoms with Crippen molar-refractivity contribution in [3.63, 3.8) is 0 Å². The summed E-state index contributed by atoms with van der Waals surface area (Å²) in [6.45, 7) is 6.86. The molecule has 2 aromatic rings. The number of hydrogen-bond donors (Lipinski definition) is 1. The van der Waals surface area contributed by atoms with Crippen LogP contribution in [0.1, 0.15) is 52.1 Å². The van der Waals surface area contributed by atoms with E-state index in [-0.39, 0.29) is 17.0 Å². The molecule has 2 atom stereocenters. The fraction of sp³-hybridized carbons (Fsp3) is 0.333. The van der Waals surface area contributed by atoms with E-state index >= 15 is 0 Å². The summed E-state index contributed by atoms with van der Waals surface area (Å²) in [5.41, 5.74) is 2.98. The number of carbonyl (C=O) groups excluding carboxylic acids is 4. The number of fused-ring (bicyclic) bond motifs is 1. The molecule has 0 radical (unpaired) electrons. The second-order valence-corrected chi connectivity index (χ2v) is 7.78. The van der Waals surface area contributed by atoms with Gasteiger partial charge < -0.3 is 10.1 Å². The fourth-order valence-corrected chi connectivity index (χ4v) is 3.69. The molecule has 7 nitrogen and oxygen atoms in total. The van der Waals surface area contributed by atoms with Crippen molar-refractivity contribution in [3.05, 3.63) is 64.7 Å². The van der Waals surface area contributed by atoms with Gasteiger partial charge in [0.25, 0.3) is 17.7 Å². The predicted octanol–water partition coefficient (Wildman–Crippen LogP) is 3.50. The minimum atomic E-state index is -1.11. The van der Waals surface area contributed by atoms with Gasteiger partial charge in [0.05, 0.1) is 11.1 Å². The molecule has 2 aromatic carbocycles. The Kier molecular flexibility index (Phi) is 6.53. The molecule has 0 saturated carbocycles. The number of carbonyl (C=O) groups is 4. The average Bonchev–Trinajstić information content (AvgIpc) is 3.00. The number of ether oxygens (including phenoxy) is 1. The normalized spacial score (nSPS) is 14.8. The van der Waals surface area contributed by atoms with Gasteiger partial charge in [-0.15, -0.1) is 0 Å². The van der Waals surface area contributed by atoms with Gasteiger partial charge in [-0.2, -0.15) is 0 Å². The molecule has 0 aromatic heterocycles. The average molecular weight is 422 g/mol. The number of esters is 1. The quantitative estimate of drug-likeness (QED) is 0.545. The molecule has 7 heteroatoms. The van der Waals surface area contributed by atoms with Gasteiger partial charge in [-0.3, -0.25) is 19.3 Å². The lowest BCUT2D eigenvalue weighted by atomic mass is 9.97. The highest BCUT2D eigenvalue weighted by Gasteiger charge is 2.45. The standard InChI is InChI=1S/C24H26N2O5/c1-5-14(2)21(26-22(28)17-11-6-7-12-18(17)23(26)29)24(30)31-13-19(27)25-20-15(3)9-8-10-16(20)4/h6-12,14,21H,5,13H2,1-4H3,(H,25,27)/t14-,21-/m0/s1. The van der Waals surface area contributed by atoms with Crippen LogP contribution in [0.25, 0.3) is 0 Å². The third-order valence-electron chi connectivity index (χ3n) is 5.62. The molecular weight excluding hydrogens is 396 g/mol. The zero-order chi connectivity index (χ0) is 22.7. The SMILES string of the molecule is CC[C@H](C)[C@@H](C(=O)OCC(=O)Nc1c(C)cccc1C)N1C(=O)c2ccccc2C1=O. The van der Waals surface area contributed by atoms with E-state index in [0.29, 0.717) is 12.1 Å². The number of anilines is 1. The Morgan fingerprint density at radius 1 is 0.968 bits per heavy atom. The van der Waals surface area contributed by atoms with E-state index in [0.717, 1.165) is 16.0 Å². The first-order valence-corrected chi connectivity index (χ1v) is 10.3. The number of para-hydroxylation sites is 1. The highest BCUT2D eigenvalue weighted by molar-refractivity contribution is 6.22. The van der Waals surface area contributed by atoms with Crippen LogP contribution < -0.4 is 5.32 Å². The lowest BCUT2D eigenvalue weighted by molar-refractivity contribution is -0.152. The second-order valence-electron chi connectivity index (χ2n) is 7.78. The summed E-state index contributed by atoms with van der Waals surface area (Å²) in [5, 5.41) is 2.75. The Hall–Kier alpha value is -3.48. The summed E-state index contributed by atoms with van der Waals surface area (Å²) >= 11 is 0. The maximum atomic E-state index is 12.9. The molecule has 0 spiro atoms. The molecule has 0 fully saturated rings. The Labute approximate surface area is 181 Å². The van der Waals surface area contributed by atoms with Crippen molar-refractivity contribution in [1.82, 2.24) is 4.90 Å². The van der Waals surface area contributed by atoms with Gasteiger partial charge in [0, 0.05) is 5.69 Å². The number of imide groups is 1. The highest BCUT2D eigenvalue weighted by Crippen LogP contribution is 2.28. The Morgan fingerprint density at radius 2 is 1.52 bits per heavy atom. The van der Waals surface area contributed by atoms with Crippen LogP contribution >= 0.6 is 0 Å². The van der Waals surface area contributed by atoms with Crippen molar-refractivity contribution in [2.45, 2.75) is 40.2 Å². The molecule has 0 saturated heterocycles. The molecule has 162 valence electrons. The Balaban J connectivity index is 1.74. The van der Waals surface area contributed by atoms with Gasteiger partial charge in [-0.05, 0) is 43.0 Å². The molecule has 0 aliphatic carbocycles. The number of amides is 3. The molecule has 1 N–H and O–H groups in total. The van der Waals surface area contributed by atoms with Crippen LogP contribution in [0.4, 0.5) is 5.69 Å². The van der Waals surface area contributed by atoms with Gasteiger partial charge >= 0.3 is 5.97 Å². The van der Waals surface area contributed by atoms with Crippen molar-refractivity contribution in [2.24, 2.45) is 5.92 Å². The summed E-state index contributed by atoms with van der Waals surface area (Å²) in [4.78, 5) is 51.9. The summed E-state index contributed by atoms with van der Waals surface area (Å²) in [7, 11) is 0. The Bertz CT molecular complexity index is 991. The molecular formula is C24H26N2O5. The van der Waals surface area contributed by atoms with Crippen molar-refractivity contribution in [1.29, 1.82) is 0 Å². The third kappa shape index (κ3) is 4.35. The number of aryl methyl sites for hydroxylation is 2. The van der Waals surface area contributed by atoms with Crippen LogP contribution in [0.5, 0.6) is 0 Å². The predicted molar refractivity (Wildman–Crippen MR) is 116 cm³/mol. The molecule has 31 heavy (non-hydrogen) atoms. The first-order valence-electron chi connectivity index (χ1n) is 10.3. The van der Waals surface area contributed by atoms with Gasteiger partial charge in [-0.25, -0.2) is 4.79 Å². The zero-order valence-electron chi connectivity index (χ0n) is 18.1. The first kappa shape index (κ1) is 22.2. The topological polar surface area (TPSA) is 92.8 Å². The van der Waals surface area contributed by atoms with Gasteiger partial charge in [0.2, 0.25) is 0 Å². The van der Waals surface area contributed by atoms with Crippen molar-refractivity contribution >= 4 is 29.4 Å². The summed E-state index contributed by atoms with van der Waals surface area (Å²) in [6.07, 6.45) is 0.543. The van der Waals surface area contributed by atoms with Crippen molar-refractivity contribution < 1.29 is 23.9 Å². The zero-order valence-corrected chi connectivity index (χ0v) is 18.1. The van der Waals surface area contributed by atoms with E-state index in [4.69, 9.17) is 4.74 Å². The third-order valence-corrected chi connectivity index (χ3v) is 5.62. The van der Waals surface area contributed by atoms with Crippen LogP contribution in [0.15, 0.2) is 42.5 Å². The molecule has 3 amide bonds. The van der Waals surface area contributed by atoms with Gasteiger partial charge in [0.1, 0.15) is 6.04 Å². The number of hydrogen-bond acceptors (Lipinski definition) is 5. The molecule has 1 heterocycles. The van der Waals surface area contributed by atoms with Crippen LogP contribution in [0.3, 0.4) is 0 Å². The lowest BCUT2D eigenvalue weighted by Gasteiger charge is -2.28. The highest BCUT2D eigenvalue weighted by atomic mass is 16.5. The Morgan fingerprint density at radius 3 is 2.03 bits per heavy atom.